The van der Waals surface area contributed by atoms with E-state index in [1.165, 1.54) is 11.1 Å². The molecule has 0 N–H and O–H groups in total. The number of rotatable bonds is 7. The van der Waals surface area contributed by atoms with Gasteiger partial charge >= 0.3 is 0 Å². The summed E-state index contributed by atoms with van der Waals surface area (Å²) in [5, 5.41) is 0. The molecule has 2 rings (SSSR count). The molecule has 1 atom stereocenters. The number of hydrogen-bond acceptors (Lipinski definition) is 3. The fraction of sp³-hybridized carbons (Fsp3) is 0.632. The fourth-order valence-electron chi connectivity index (χ4n) is 3.03. The van der Waals surface area contributed by atoms with Crippen LogP contribution in [0.2, 0.25) is 0 Å². The van der Waals surface area contributed by atoms with Gasteiger partial charge in [0.05, 0.1) is 0 Å². The molecule has 1 aromatic carbocycles. The van der Waals surface area contributed by atoms with Crippen LogP contribution in [0.3, 0.4) is 0 Å². The number of amides is 1. The van der Waals surface area contributed by atoms with Gasteiger partial charge in [-0.05, 0) is 52.0 Å². The largest absolute Gasteiger partial charge is 0.341 e. The lowest BCUT2D eigenvalue weighted by Gasteiger charge is -2.29. The van der Waals surface area contributed by atoms with Gasteiger partial charge in [0, 0.05) is 38.6 Å². The summed E-state index contributed by atoms with van der Waals surface area (Å²) in [5.74, 6) is 0.325. The molecule has 4 nitrogen and oxygen atoms in total. The normalized spacial score (nSPS) is 17.1. The third-order valence-electron chi connectivity index (χ3n) is 4.83. The number of likely N-dealkylation sites (N-methyl/N-ethyl adjacent to an activating group) is 1. The first-order valence-corrected chi connectivity index (χ1v) is 8.69. The molecular formula is C19H31N3O. The topological polar surface area (TPSA) is 26.8 Å². The Morgan fingerprint density at radius 2 is 2.00 bits per heavy atom. The number of benzene rings is 1. The van der Waals surface area contributed by atoms with Crippen molar-refractivity contribution in [1.82, 2.24) is 14.7 Å². The number of nitrogens with zero attached hydrogens (tertiary/aromatic N) is 3. The van der Waals surface area contributed by atoms with Crippen LogP contribution in [0.4, 0.5) is 0 Å². The minimum absolute atomic E-state index is 0.325. The molecule has 0 aromatic heterocycles. The summed E-state index contributed by atoms with van der Waals surface area (Å²) in [7, 11) is 6.36. The van der Waals surface area contributed by atoms with Crippen molar-refractivity contribution in [2.24, 2.45) is 0 Å². The van der Waals surface area contributed by atoms with E-state index in [-0.39, 0.29) is 0 Å². The Balaban J connectivity index is 1.86. The standard InChI is InChI=1S/C19H31N3O/c1-16(20(2)3)18-9-7-8-17(14-18)15-21(4)12-13-22-11-6-5-10-19(22)23/h7-9,14,16H,5-6,10-13,15H2,1-4H3. The highest BCUT2D eigenvalue weighted by Crippen LogP contribution is 2.19. The van der Waals surface area contributed by atoms with Crippen molar-refractivity contribution < 1.29 is 4.79 Å². The van der Waals surface area contributed by atoms with Crippen LogP contribution < -0.4 is 0 Å². The summed E-state index contributed by atoms with van der Waals surface area (Å²) < 4.78 is 0. The number of piperidine rings is 1. The lowest BCUT2D eigenvalue weighted by molar-refractivity contribution is -0.133. The van der Waals surface area contributed by atoms with Crippen molar-refractivity contribution in [3.8, 4) is 0 Å². The number of likely N-dealkylation sites (tertiary alicyclic amines) is 1. The Kier molecular flexibility index (Phi) is 6.60. The van der Waals surface area contributed by atoms with E-state index in [4.69, 9.17) is 0 Å². The fourth-order valence-corrected chi connectivity index (χ4v) is 3.03. The second-order valence-electron chi connectivity index (χ2n) is 6.96. The molecule has 128 valence electrons. The molecule has 23 heavy (non-hydrogen) atoms. The van der Waals surface area contributed by atoms with Crippen molar-refractivity contribution in [1.29, 1.82) is 0 Å². The van der Waals surface area contributed by atoms with E-state index in [0.29, 0.717) is 11.9 Å². The molecule has 0 bridgehead atoms. The minimum atomic E-state index is 0.325. The summed E-state index contributed by atoms with van der Waals surface area (Å²) in [4.78, 5) is 18.4. The lowest BCUT2D eigenvalue weighted by atomic mass is 10.0. The maximum atomic E-state index is 11.9. The second-order valence-corrected chi connectivity index (χ2v) is 6.96. The summed E-state index contributed by atoms with van der Waals surface area (Å²) >= 11 is 0. The second kappa shape index (κ2) is 8.46. The Labute approximate surface area is 141 Å². The zero-order valence-corrected chi connectivity index (χ0v) is 15.1. The zero-order chi connectivity index (χ0) is 16.8. The highest BCUT2D eigenvalue weighted by Gasteiger charge is 2.17. The molecule has 0 aliphatic carbocycles. The van der Waals surface area contributed by atoms with E-state index in [1.54, 1.807) is 0 Å². The number of carbonyl (C=O) groups is 1. The summed E-state index contributed by atoms with van der Waals surface area (Å²) in [6, 6.07) is 9.25. The Bertz CT molecular complexity index is 515. The first-order chi connectivity index (χ1) is 11.0. The van der Waals surface area contributed by atoms with E-state index in [2.05, 4.69) is 62.1 Å². The van der Waals surface area contributed by atoms with Gasteiger partial charge in [-0.3, -0.25) is 4.79 Å². The van der Waals surface area contributed by atoms with Crippen LogP contribution in [0.15, 0.2) is 24.3 Å². The Hall–Kier alpha value is -1.39. The van der Waals surface area contributed by atoms with Crippen molar-refractivity contribution in [3.63, 3.8) is 0 Å². The monoisotopic (exact) mass is 317 g/mol. The van der Waals surface area contributed by atoms with Crippen LogP contribution in [-0.2, 0) is 11.3 Å². The van der Waals surface area contributed by atoms with Crippen molar-refractivity contribution in [2.75, 3.05) is 40.8 Å². The molecular weight excluding hydrogens is 286 g/mol. The van der Waals surface area contributed by atoms with E-state index in [1.807, 2.05) is 4.90 Å². The van der Waals surface area contributed by atoms with Crippen LogP contribution in [-0.4, -0.2) is 61.4 Å². The van der Waals surface area contributed by atoms with Gasteiger partial charge in [-0.1, -0.05) is 24.3 Å². The predicted octanol–water partition coefficient (Wildman–Crippen LogP) is 2.75. The highest BCUT2D eigenvalue weighted by molar-refractivity contribution is 5.76. The molecule has 1 saturated heterocycles. The van der Waals surface area contributed by atoms with Gasteiger partial charge in [-0.2, -0.15) is 0 Å². The van der Waals surface area contributed by atoms with Crippen LogP contribution in [0, 0.1) is 0 Å². The quantitative estimate of drug-likeness (QED) is 0.774. The molecule has 1 unspecified atom stereocenters. The van der Waals surface area contributed by atoms with Gasteiger partial charge in [-0.15, -0.1) is 0 Å². The van der Waals surface area contributed by atoms with Crippen LogP contribution >= 0.6 is 0 Å². The molecule has 0 saturated carbocycles. The first kappa shape index (κ1) is 18.0. The van der Waals surface area contributed by atoms with E-state index < -0.39 is 0 Å². The molecule has 1 aliphatic rings. The summed E-state index contributed by atoms with van der Waals surface area (Å²) in [5.41, 5.74) is 2.69. The van der Waals surface area contributed by atoms with Crippen molar-refractivity contribution in [2.45, 2.75) is 38.8 Å². The Morgan fingerprint density at radius 1 is 1.22 bits per heavy atom. The third-order valence-corrected chi connectivity index (χ3v) is 4.83. The molecule has 1 heterocycles. The first-order valence-electron chi connectivity index (χ1n) is 8.69. The van der Waals surface area contributed by atoms with Gasteiger partial charge in [0.1, 0.15) is 0 Å². The van der Waals surface area contributed by atoms with Gasteiger partial charge in [0.15, 0.2) is 0 Å². The van der Waals surface area contributed by atoms with Gasteiger partial charge in [-0.25, -0.2) is 0 Å². The van der Waals surface area contributed by atoms with Gasteiger partial charge in [0.2, 0.25) is 5.91 Å². The van der Waals surface area contributed by atoms with Crippen LogP contribution in [0.25, 0.3) is 0 Å². The lowest BCUT2D eigenvalue weighted by Crippen LogP contribution is -2.40. The maximum absolute atomic E-state index is 11.9. The molecule has 1 amide bonds. The summed E-state index contributed by atoms with van der Waals surface area (Å²) in [6.07, 6.45) is 2.94. The van der Waals surface area contributed by atoms with Crippen LogP contribution in [0.1, 0.15) is 43.4 Å². The van der Waals surface area contributed by atoms with E-state index in [0.717, 1.165) is 45.4 Å². The smallest absolute Gasteiger partial charge is 0.222 e. The molecule has 0 radical (unpaired) electrons. The van der Waals surface area contributed by atoms with Crippen LogP contribution in [0.5, 0.6) is 0 Å². The SMILES string of the molecule is CC(c1cccc(CN(C)CCN2CCCCC2=O)c1)N(C)C. The molecule has 4 heteroatoms. The summed E-state index contributed by atoms with van der Waals surface area (Å²) in [6.45, 7) is 5.87. The van der Waals surface area contributed by atoms with Gasteiger partial charge < -0.3 is 14.7 Å². The number of hydrogen-bond donors (Lipinski definition) is 0. The Morgan fingerprint density at radius 3 is 2.70 bits per heavy atom. The average molecular weight is 317 g/mol. The maximum Gasteiger partial charge on any atom is 0.222 e. The van der Waals surface area contributed by atoms with Gasteiger partial charge in [0.25, 0.3) is 0 Å². The molecule has 1 fully saturated rings. The molecule has 1 aliphatic heterocycles. The average Bonchev–Trinajstić information content (AvgIpc) is 2.53. The number of carbonyl (C=O) groups excluding carboxylic acids is 1. The highest BCUT2D eigenvalue weighted by atomic mass is 16.2. The third kappa shape index (κ3) is 5.33. The van der Waals surface area contributed by atoms with Crippen molar-refractivity contribution in [3.05, 3.63) is 35.4 Å². The van der Waals surface area contributed by atoms with Crippen molar-refractivity contribution >= 4 is 5.91 Å². The predicted molar refractivity (Wildman–Crippen MR) is 95.3 cm³/mol. The molecule has 1 aromatic rings. The van der Waals surface area contributed by atoms with E-state index >= 15 is 0 Å². The van der Waals surface area contributed by atoms with E-state index in [9.17, 15) is 4.79 Å². The minimum Gasteiger partial charge on any atom is -0.341 e. The molecule has 0 spiro atoms. The zero-order valence-electron chi connectivity index (χ0n) is 15.1.